The fourth-order valence-electron chi connectivity index (χ4n) is 1.79. The number of pyridine rings is 1. The SMILES string of the molecule is NNC(c1ccc(C(F)(F)F)cn1)c1ccccc1Cl. The van der Waals surface area contributed by atoms with Gasteiger partial charge in [0.2, 0.25) is 0 Å². The Balaban J connectivity index is 2.36. The number of nitrogens with one attached hydrogen (secondary N) is 1. The van der Waals surface area contributed by atoms with Crippen LogP contribution in [0.5, 0.6) is 0 Å². The Kier molecular flexibility index (Phi) is 4.27. The molecule has 106 valence electrons. The van der Waals surface area contributed by atoms with Gasteiger partial charge in [-0.15, -0.1) is 0 Å². The Morgan fingerprint density at radius 3 is 2.35 bits per heavy atom. The molecule has 0 bridgehead atoms. The Morgan fingerprint density at radius 1 is 1.15 bits per heavy atom. The minimum absolute atomic E-state index is 0.355. The molecule has 0 fully saturated rings. The second-order valence-electron chi connectivity index (χ2n) is 4.09. The van der Waals surface area contributed by atoms with Gasteiger partial charge in [-0.05, 0) is 23.8 Å². The van der Waals surface area contributed by atoms with Gasteiger partial charge in [-0.25, -0.2) is 5.43 Å². The minimum Gasteiger partial charge on any atom is -0.271 e. The summed E-state index contributed by atoms with van der Waals surface area (Å²) in [4.78, 5) is 3.81. The molecule has 0 spiro atoms. The molecule has 1 atom stereocenters. The number of benzene rings is 1. The lowest BCUT2D eigenvalue weighted by Crippen LogP contribution is -2.29. The van der Waals surface area contributed by atoms with Crippen LogP contribution >= 0.6 is 11.6 Å². The number of hydrogen-bond donors (Lipinski definition) is 2. The van der Waals surface area contributed by atoms with Crippen molar-refractivity contribution >= 4 is 11.6 Å². The number of hydrazine groups is 1. The molecule has 0 amide bonds. The Hall–Kier alpha value is -1.63. The molecule has 1 aromatic heterocycles. The van der Waals surface area contributed by atoms with E-state index in [1.165, 1.54) is 6.07 Å². The average molecular weight is 302 g/mol. The second kappa shape index (κ2) is 5.78. The smallest absolute Gasteiger partial charge is 0.271 e. The number of hydrogen-bond acceptors (Lipinski definition) is 3. The van der Waals surface area contributed by atoms with E-state index >= 15 is 0 Å². The highest BCUT2D eigenvalue weighted by atomic mass is 35.5. The van der Waals surface area contributed by atoms with Crippen LogP contribution in [-0.4, -0.2) is 4.98 Å². The van der Waals surface area contributed by atoms with Crippen LogP contribution in [0.15, 0.2) is 42.6 Å². The van der Waals surface area contributed by atoms with E-state index in [1.807, 2.05) is 0 Å². The number of rotatable bonds is 3. The number of halogens is 4. The number of nitrogens with two attached hydrogens (primary N) is 1. The van der Waals surface area contributed by atoms with Crippen molar-refractivity contribution in [1.29, 1.82) is 0 Å². The first-order chi connectivity index (χ1) is 9.43. The van der Waals surface area contributed by atoms with Gasteiger partial charge in [0.25, 0.3) is 0 Å². The zero-order chi connectivity index (χ0) is 14.8. The molecular weight excluding hydrogens is 291 g/mol. The molecule has 7 heteroatoms. The van der Waals surface area contributed by atoms with Crippen molar-refractivity contribution in [3.05, 3.63) is 64.4 Å². The van der Waals surface area contributed by atoms with Gasteiger partial charge >= 0.3 is 6.18 Å². The topological polar surface area (TPSA) is 50.9 Å². The molecule has 2 rings (SSSR count). The van der Waals surface area contributed by atoms with E-state index in [9.17, 15) is 13.2 Å². The van der Waals surface area contributed by atoms with Crippen molar-refractivity contribution in [2.75, 3.05) is 0 Å². The van der Waals surface area contributed by atoms with Crippen LogP contribution in [0.4, 0.5) is 13.2 Å². The molecule has 3 nitrogen and oxygen atoms in total. The third-order valence-electron chi connectivity index (χ3n) is 2.79. The first-order valence-corrected chi connectivity index (χ1v) is 6.05. The molecule has 1 heterocycles. The van der Waals surface area contributed by atoms with Crippen LogP contribution in [0.25, 0.3) is 0 Å². The van der Waals surface area contributed by atoms with Crippen LogP contribution < -0.4 is 11.3 Å². The van der Waals surface area contributed by atoms with Gasteiger partial charge in [-0.1, -0.05) is 29.8 Å². The summed E-state index contributed by atoms with van der Waals surface area (Å²) in [5.41, 5.74) is 2.69. The molecule has 20 heavy (non-hydrogen) atoms. The fraction of sp³-hybridized carbons (Fsp3) is 0.154. The van der Waals surface area contributed by atoms with Crippen LogP contribution in [0.1, 0.15) is 22.9 Å². The van der Waals surface area contributed by atoms with Crippen molar-refractivity contribution in [3.8, 4) is 0 Å². The summed E-state index contributed by atoms with van der Waals surface area (Å²) in [6.45, 7) is 0. The third-order valence-corrected chi connectivity index (χ3v) is 3.14. The van der Waals surface area contributed by atoms with Crippen molar-refractivity contribution in [3.63, 3.8) is 0 Å². The van der Waals surface area contributed by atoms with Crippen molar-refractivity contribution in [1.82, 2.24) is 10.4 Å². The van der Waals surface area contributed by atoms with Gasteiger partial charge in [0, 0.05) is 11.2 Å². The molecule has 3 N–H and O–H groups in total. The molecule has 1 aromatic carbocycles. The number of aromatic nitrogens is 1. The average Bonchev–Trinajstić information content (AvgIpc) is 2.41. The summed E-state index contributed by atoms with van der Waals surface area (Å²) in [6.07, 6.45) is -3.64. The van der Waals surface area contributed by atoms with Crippen LogP contribution in [0, 0.1) is 0 Å². The second-order valence-corrected chi connectivity index (χ2v) is 4.50. The van der Waals surface area contributed by atoms with Crippen LogP contribution in [0.2, 0.25) is 5.02 Å². The maximum absolute atomic E-state index is 12.5. The van der Waals surface area contributed by atoms with Crippen molar-refractivity contribution < 1.29 is 13.2 Å². The van der Waals surface area contributed by atoms with E-state index in [-0.39, 0.29) is 0 Å². The largest absolute Gasteiger partial charge is 0.417 e. The first-order valence-electron chi connectivity index (χ1n) is 5.67. The maximum Gasteiger partial charge on any atom is 0.417 e. The van der Waals surface area contributed by atoms with E-state index in [2.05, 4.69) is 10.4 Å². The van der Waals surface area contributed by atoms with Crippen LogP contribution in [-0.2, 0) is 6.18 Å². The predicted octanol–water partition coefficient (Wildman–Crippen LogP) is 3.31. The van der Waals surface area contributed by atoms with Gasteiger partial charge in [0.05, 0.1) is 17.3 Å². The molecule has 0 aliphatic carbocycles. The zero-order valence-corrected chi connectivity index (χ0v) is 10.9. The first kappa shape index (κ1) is 14.8. The molecule has 0 radical (unpaired) electrons. The maximum atomic E-state index is 12.5. The zero-order valence-electron chi connectivity index (χ0n) is 10.2. The van der Waals surface area contributed by atoms with Gasteiger partial charge in [-0.2, -0.15) is 13.2 Å². The van der Waals surface area contributed by atoms with E-state index in [4.69, 9.17) is 17.4 Å². The summed E-state index contributed by atoms with van der Waals surface area (Å²) >= 11 is 6.05. The standard InChI is InChI=1S/C13H11ClF3N3/c14-10-4-2-1-3-9(10)12(20-18)11-6-5-8(7-19-11)13(15,16)17/h1-7,12,20H,18H2. The highest BCUT2D eigenvalue weighted by Gasteiger charge is 2.31. The van der Waals surface area contributed by atoms with Crippen molar-refractivity contribution in [2.24, 2.45) is 5.84 Å². The number of alkyl halides is 3. The van der Waals surface area contributed by atoms with E-state index < -0.39 is 17.8 Å². The molecule has 2 aromatic rings. The summed E-state index contributed by atoms with van der Waals surface area (Å²) in [7, 11) is 0. The highest BCUT2D eigenvalue weighted by molar-refractivity contribution is 6.31. The lowest BCUT2D eigenvalue weighted by Gasteiger charge is -2.17. The van der Waals surface area contributed by atoms with Gasteiger partial charge in [0.15, 0.2) is 0 Å². The minimum atomic E-state index is -4.42. The van der Waals surface area contributed by atoms with Crippen LogP contribution in [0.3, 0.4) is 0 Å². The quantitative estimate of drug-likeness (QED) is 0.675. The van der Waals surface area contributed by atoms with E-state index in [0.29, 0.717) is 16.3 Å². The molecule has 1 unspecified atom stereocenters. The van der Waals surface area contributed by atoms with Crippen molar-refractivity contribution in [2.45, 2.75) is 12.2 Å². The van der Waals surface area contributed by atoms with E-state index in [1.54, 1.807) is 24.3 Å². The lowest BCUT2D eigenvalue weighted by molar-refractivity contribution is -0.137. The highest BCUT2D eigenvalue weighted by Crippen LogP contribution is 2.31. The summed E-state index contributed by atoms with van der Waals surface area (Å²) in [5, 5.41) is 0.456. The fourth-order valence-corrected chi connectivity index (χ4v) is 2.03. The molecule has 0 saturated carbocycles. The Labute approximate surface area is 118 Å². The Morgan fingerprint density at radius 2 is 1.85 bits per heavy atom. The summed E-state index contributed by atoms with van der Waals surface area (Å²) in [5.74, 6) is 5.46. The predicted molar refractivity (Wildman–Crippen MR) is 69.9 cm³/mol. The summed E-state index contributed by atoms with van der Waals surface area (Å²) in [6, 6.07) is 8.57. The molecular formula is C13H11ClF3N3. The lowest BCUT2D eigenvalue weighted by atomic mass is 10.0. The Bertz CT molecular complexity index is 584. The number of nitrogens with zero attached hydrogens (tertiary/aromatic N) is 1. The van der Waals surface area contributed by atoms with Gasteiger partial charge in [0.1, 0.15) is 0 Å². The molecule has 0 aliphatic heterocycles. The van der Waals surface area contributed by atoms with Gasteiger partial charge in [-0.3, -0.25) is 10.8 Å². The van der Waals surface area contributed by atoms with E-state index in [0.717, 1.165) is 12.3 Å². The third kappa shape index (κ3) is 3.09. The molecule has 0 saturated heterocycles. The monoisotopic (exact) mass is 301 g/mol. The normalized spacial score (nSPS) is 13.2. The summed E-state index contributed by atoms with van der Waals surface area (Å²) < 4.78 is 37.5. The van der Waals surface area contributed by atoms with Gasteiger partial charge < -0.3 is 0 Å². The molecule has 0 aliphatic rings.